The van der Waals surface area contributed by atoms with Crippen LogP contribution in [0.2, 0.25) is 0 Å². The summed E-state index contributed by atoms with van der Waals surface area (Å²) in [5, 5.41) is 0. The number of methoxy groups -OCH3 is 1. The van der Waals surface area contributed by atoms with Gasteiger partial charge in [0.1, 0.15) is 30.5 Å². The molecule has 4 nitrogen and oxygen atoms in total. The van der Waals surface area contributed by atoms with Crippen molar-refractivity contribution in [1.29, 1.82) is 0 Å². The van der Waals surface area contributed by atoms with Crippen molar-refractivity contribution in [3.63, 3.8) is 0 Å². The molecule has 0 saturated carbocycles. The minimum atomic E-state index is 0.349. The molecule has 0 aliphatic rings. The number of para-hydroxylation sites is 1. The minimum Gasteiger partial charge on any atom is -0.497 e. The van der Waals surface area contributed by atoms with Crippen molar-refractivity contribution in [2.24, 2.45) is 0 Å². The lowest BCUT2D eigenvalue weighted by molar-refractivity contribution is 0.111. The second kappa shape index (κ2) is 7.50. The fraction of sp³-hybridized carbons (Fsp3) is 0.278. The van der Waals surface area contributed by atoms with E-state index < -0.39 is 0 Å². The number of carbonyl (C=O) groups is 1. The highest BCUT2D eigenvalue weighted by molar-refractivity contribution is 5.79. The zero-order valence-electron chi connectivity index (χ0n) is 13.1. The fourth-order valence-corrected chi connectivity index (χ4v) is 2.19. The largest absolute Gasteiger partial charge is 0.497 e. The van der Waals surface area contributed by atoms with Gasteiger partial charge < -0.3 is 14.2 Å². The first-order chi connectivity index (χ1) is 10.7. The molecule has 0 aromatic heterocycles. The Kier molecular flexibility index (Phi) is 5.42. The van der Waals surface area contributed by atoms with Gasteiger partial charge in [0, 0.05) is 6.07 Å². The first-order valence-corrected chi connectivity index (χ1v) is 7.10. The van der Waals surface area contributed by atoms with Crippen molar-refractivity contribution < 1.29 is 19.0 Å². The third-order valence-electron chi connectivity index (χ3n) is 3.34. The maximum Gasteiger partial charge on any atom is 0.153 e. The molecule has 2 aromatic rings. The molecule has 0 spiro atoms. The molecule has 0 aliphatic carbocycles. The molecule has 0 radical (unpaired) electrons. The number of aldehydes is 1. The first-order valence-electron chi connectivity index (χ1n) is 7.10. The van der Waals surface area contributed by atoms with Gasteiger partial charge in [0.25, 0.3) is 0 Å². The van der Waals surface area contributed by atoms with E-state index in [-0.39, 0.29) is 0 Å². The third-order valence-corrected chi connectivity index (χ3v) is 3.34. The predicted octanol–water partition coefficient (Wildman–Crippen LogP) is 3.58. The molecule has 0 atom stereocenters. The Hall–Kier alpha value is -2.49. The lowest BCUT2D eigenvalue weighted by Gasteiger charge is -2.13. The Morgan fingerprint density at radius 3 is 2.32 bits per heavy atom. The van der Waals surface area contributed by atoms with Crippen LogP contribution in [0.1, 0.15) is 21.5 Å². The van der Waals surface area contributed by atoms with Gasteiger partial charge >= 0.3 is 0 Å². The van der Waals surface area contributed by atoms with Gasteiger partial charge in [0.2, 0.25) is 0 Å². The van der Waals surface area contributed by atoms with Gasteiger partial charge in [-0.15, -0.1) is 0 Å². The topological polar surface area (TPSA) is 44.8 Å². The summed E-state index contributed by atoms with van der Waals surface area (Å²) in [5.74, 6) is 2.03. The monoisotopic (exact) mass is 300 g/mol. The van der Waals surface area contributed by atoms with Crippen LogP contribution < -0.4 is 14.2 Å². The summed E-state index contributed by atoms with van der Waals surface area (Å²) >= 11 is 0. The Labute approximate surface area is 130 Å². The Balaban J connectivity index is 1.95. The molecule has 2 aromatic carbocycles. The van der Waals surface area contributed by atoms with Crippen molar-refractivity contribution in [3.8, 4) is 17.2 Å². The molecule has 22 heavy (non-hydrogen) atoms. The molecule has 0 heterocycles. The fourth-order valence-electron chi connectivity index (χ4n) is 2.19. The molecule has 0 bridgehead atoms. The zero-order chi connectivity index (χ0) is 15.9. The van der Waals surface area contributed by atoms with Crippen LogP contribution in [0.3, 0.4) is 0 Å². The summed E-state index contributed by atoms with van der Waals surface area (Å²) in [5.41, 5.74) is 2.68. The van der Waals surface area contributed by atoms with Crippen LogP contribution in [0.15, 0.2) is 36.4 Å². The van der Waals surface area contributed by atoms with E-state index in [2.05, 4.69) is 0 Å². The van der Waals surface area contributed by atoms with Crippen LogP contribution >= 0.6 is 0 Å². The van der Waals surface area contributed by atoms with Crippen molar-refractivity contribution in [2.45, 2.75) is 13.8 Å². The average molecular weight is 300 g/mol. The van der Waals surface area contributed by atoms with Gasteiger partial charge in [-0.05, 0) is 37.1 Å². The van der Waals surface area contributed by atoms with Gasteiger partial charge in [-0.2, -0.15) is 0 Å². The van der Waals surface area contributed by atoms with Crippen LogP contribution in [0.25, 0.3) is 0 Å². The highest BCUT2D eigenvalue weighted by Crippen LogP contribution is 2.24. The Bertz CT molecular complexity index is 629. The number of benzene rings is 2. The van der Waals surface area contributed by atoms with Crippen LogP contribution in [-0.4, -0.2) is 26.6 Å². The van der Waals surface area contributed by atoms with E-state index in [0.29, 0.717) is 30.3 Å². The second-order valence-electron chi connectivity index (χ2n) is 4.94. The predicted molar refractivity (Wildman–Crippen MR) is 85.3 cm³/mol. The zero-order valence-corrected chi connectivity index (χ0v) is 13.1. The maximum absolute atomic E-state index is 11.0. The van der Waals surface area contributed by atoms with Crippen molar-refractivity contribution in [2.75, 3.05) is 20.3 Å². The molecule has 4 heteroatoms. The highest BCUT2D eigenvalue weighted by atomic mass is 16.5. The van der Waals surface area contributed by atoms with E-state index in [9.17, 15) is 4.79 Å². The molecular formula is C18H20O4. The van der Waals surface area contributed by atoms with E-state index in [1.54, 1.807) is 25.3 Å². The van der Waals surface area contributed by atoms with E-state index in [4.69, 9.17) is 14.2 Å². The van der Waals surface area contributed by atoms with Crippen molar-refractivity contribution in [1.82, 2.24) is 0 Å². The Morgan fingerprint density at radius 1 is 1.00 bits per heavy atom. The minimum absolute atomic E-state index is 0.349. The summed E-state index contributed by atoms with van der Waals surface area (Å²) in [7, 11) is 1.57. The summed E-state index contributed by atoms with van der Waals surface area (Å²) < 4.78 is 16.5. The van der Waals surface area contributed by atoms with Crippen LogP contribution in [0.5, 0.6) is 17.2 Å². The molecule has 0 aliphatic heterocycles. The molecule has 2 rings (SSSR count). The van der Waals surface area contributed by atoms with Gasteiger partial charge in [-0.3, -0.25) is 4.79 Å². The average Bonchev–Trinajstić information content (AvgIpc) is 2.53. The van der Waals surface area contributed by atoms with Gasteiger partial charge in [-0.1, -0.05) is 18.2 Å². The normalized spacial score (nSPS) is 10.1. The van der Waals surface area contributed by atoms with E-state index >= 15 is 0 Å². The lowest BCUT2D eigenvalue weighted by atomic mass is 10.1. The lowest BCUT2D eigenvalue weighted by Crippen LogP contribution is -2.11. The van der Waals surface area contributed by atoms with Gasteiger partial charge in [0.15, 0.2) is 6.29 Å². The number of ether oxygens (including phenoxy) is 3. The second-order valence-corrected chi connectivity index (χ2v) is 4.94. The van der Waals surface area contributed by atoms with Crippen LogP contribution in [-0.2, 0) is 0 Å². The van der Waals surface area contributed by atoms with Crippen molar-refractivity contribution in [3.05, 3.63) is 53.1 Å². The summed E-state index contributed by atoms with van der Waals surface area (Å²) in [6.07, 6.45) is 0.765. The van der Waals surface area contributed by atoms with E-state index in [0.717, 1.165) is 23.2 Å². The first kappa shape index (κ1) is 15.9. The summed E-state index contributed by atoms with van der Waals surface area (Å²) in [6, 6.07) is 11.1. The molecule has 0 unspecified atom stereocenters. The number of carbonyl (C=O) groups excluding carboxylic acids is 1. The SMILES string of the molecule is COc1ccc(C=O)c(OCCOc2c(C)cccc2C)c1. The highest BCUT2D eigenvalue weighted by Gasteiger charge is 2.06. The molecule has 0 amide bonds. The summed E-state index contributed by atoms with van der Waals surface area (Å²) in [6.45, 7) is 4.77. The molecule has 0 saturated heterocycles. The molecular weight excluding hydrogens is 280 g/mol. The third kappa shape index (κ3) is 3.79. The number of hydrogen-bond donors (Lipinski definition) is 0. The van der Waals surface area contributed by atoms with E-state index in [1.165, 1.54) is 0 Å². The standard InChI is InChI=1S/C18H20O4/c1-13-5-4-6-14(2)18(13)22-10-9-21-17-11-16(20-3)8-7-15(17)12-19/h4-8,11-12H,9-10H2,1-3H3. The Morgan fingerprint density at radius 2 is 1.68 bits per heavy atom. The quantitative estimate of drug-likeness (QED) is 0.579. The number of aryl methyl sites for hydroxylation is 2. The number of hydrogen-bond acceptors (Lipinski definition) is 4. The van der Waals surface area contributed by atoms with Gasteiger partial charge in [0.05, 0.1) is 12.7 Å². The number of rotatable bonds is 7. The van der Waals surface area contributed by atoms with Crippen LogP contribution in [0, 0.1) is 13.8 Å². The smallest absolute Gasteiger partial charge is 0.153 e. The van der Waals surface area contributed by atoms with Crippen molar-refractivity contribution >= 4 is 6.29 Å². The summed E-state index contributed by atoms with van der Waals surface area (Å²) in [4.78, 5) is 11.0. The van der Waals surface area contributed by atoms with Gasteiger partial charge in [-0.25, -0.2) is 0 Å². The van der Waals surface area contributed by atoms with E-state index in [1.807, 2.05) is 32.0 Å². The van der Waals surface area contributed by atoms with Crippen LogP contribution in [0.4, 0.5) is 0 Å². The molecule has 116 valence electrons. The maximum atomic E-state index is 11.0. The molecule has 0 N–H and O–H groups in total. The molecule has 0 fully saturated rings.